The van der Waals surface area contributed by atoms with E-state index in [-0.39, 0.29) is 23.8 Å². The Kier molecular flexibility index (Phi) is 6.82. The summed E-state index contributed by atoms with van der Waals surface area (Å²) in [6.07, 6.45) is 1.50. The van der Waals surface area contributed by atoms with Crippen LogP contribution in [-0.4, -0.2) is 29.3 Å². The summed E-state index contributed by atoms with van der Waals surface area (Å²) in [5.74, 6) is -1.99. The summed E-state index contributed by atoms with van der Waals surface area (Å²) in [5, 5.41) is 6.52. The number of halogens is 2. The molecule has 5 rings (SSSR count). The monoisotopic (exact) mass is 513 g/mol. The standard InChI is InChI=1S/C29H21F2N3O4/c30-20-12-9-18(10-13-20)17-38-26-14-11-19-5-1-2-6-21(19)22(26)15-25-28(36)34(29(37)33-25)16-27(35)32-24-8-4-3-7-23(24)31/h1-15H,16-17H2,(H,32,35)(H,33,37)/b25-15+. The zero-order valence-corrected chi connectivity index (χ0v) is 19.9. The van der Waals surface area contributed by atoms with Gasteiger partial charge in [0.25, 0.3) is 5.91 Å². The maximum Gasteiger partial charge on any atom is 0.329 e. The van der Waals surface area contributed by atoms with Gasteiger partial charge in [-0.2, -0.15) is 0 Å². The average molecular weight is 514 g/mol. The molecule has 0 unspecified atom stereocenters. The molecule has 9 heteroatoms. The van der Waals surface area contributed by atoms with Gasteiger partial charge in [-0.05, 0) is 52.7 Å². The minimum atomic E-state index is -0.779. The fourth-order valence-electron chi connectivity index (χ4n) is 4.05. The molecule has 1 fully saturated rings. The van der Waals surface area contributed by atoms with E-state index in [9.17, 15) is 23.2 Å². The number of carbonyl (C=O) groups is 3. The quantitative estimate of drug-likeness (QED) is 0.262. The molecular formula is C29H21F2N3O4. The molecule has 0 aromatic heterocycles. The van der Waals surface area contributed by atoms with Crippen molar-refractivity contribution in [3.63, 3.8) is 0 Å². The zero-order valence-electron chi connectivity index (χ0n) is 19.9. The molecule has 1 aliphatic heterocycles. The summed E-state index contributed by atoms with van der Waals surface area (Å²) >= 11 is 0. The number of rotatable bonds is 7. The third kappa shape index (κ3) is 5.22. The van der Waals surface area contributed by atoms with E-state index in [0.29, 0.717) is 11.3 Å². The van der Waals surface area contributed by atoms with Crippen molar-refractivity contribution in [3.8, 4) is 5.75 Å². The van der Waals surface area contributed by atoms with Gasteiger partial charge in [-0.1, -0.05) is 54.6 Å². The number of imide groups is 1. The molecule has 1 heterocycles. The molecule has 4 amide bonds. The molecule has 190 valence electrons. The number of urea groups is 1. The average Bonchev–Trinajstić information content (AvgIpc) is 3.17. The van der Waals surface area contributed by atoms with Crippen molar-refractivity contribution in [2.45, 2.75) is 6.61 Å². The molecule has 0 bridgehead atoms. The van der Waals surface area contributed by atoms with Gasteiger partial charge < -0.3 is 15.4 Å². The van der Waals surface area contributed by atoms with Crippen LogP contribution in [0.3, 0.4) is 0 Å². The number of hydrogen-bond acceptors (Lipinski definition) is 4. The van der Waals surface area contributed by atoms with Crippen LogP contribution < -0.4 is 15.4 Å². The third-order valence-electron chi connectivity index (χ3n) is 5.94. The van der Waals surface area contributed by atoms with Gasteiger partial charge in [-0.25, -0.2) is 18.5 Å². The summed E-state index contributed by atoms with van der Waals surface area (Å²) in [5.41, 5.74) is 1.19. The lowest BCUT2D eigenvalue weighted by Gasteiger charge is -2.13. The van der Waals surface area contributed by atoms with E-state index < -0.39 is 30.2 Å². The smallest absolute Gasteiger partial charge is 0.329 e. The van der Waals surface area contributed by atoms with Crippen molar-refractivity contribution < 1.29 is 27.9 Å². The number of hydrogen-bond donors (Lipinski definition) is 2. The number of para-hydroxylation sites is 1. The fourth-order valence-corrected chi connectivity index (χ4v) is 4.05. The van der Waals surface area contributed by atoms with Gasteiger partial charge in [0.1, 0.15) is 36.2 Å². The first kappa shape index (κ1) is 24.6. The second kappa shape index (κ2) is 10.5. The first-order valence-corrected chi connectivity index (χ1v) is 11.7. The highest BCUT2D eigenvalue weighted by molar-refractivity contribution is 6.16. The van der Waals surface area contributed by atoms with E-state index in [1.807, 2.05) is 30.3 Å². The molecular weight excluding hydrogens is 492 g/mol. The molecule has 0 spiro atoms. The van der Waals surface area contributed by atoms with Gasteiger partial charge in [-0.3, -0.25) is 9.59 Å². The first-order valence-electron chi connectivity index (χ1n) is 11.7. The van der Waals surface area contributed by atoms with Gasteiger partial charge in [0.15, 0.2) is 0 Å². The Labute approximate surface area is 216 Å². The lowest BCUT2D eigenvalue weighted by Crippen LogP contribution is -2.38. The summed E-state index contributed by atoms with van der Waals surface area (Å²) < 4.78 is 33.1. The van der Waals surface area contributed by atoms with Crippen molar-refractivity contribution in [1.29, 1.82) is 0 Å². The van der Waals surface area contributed by atoms with Crippen LogP contribution in [0.5, 0.6) is 5.75 Å². The molecule has 0 saturated carbocycles. The van der Waals surface area contributed by atoms with E-state index in [2.05, 4.69) is 10.6 Å². The van der Waals surface area contributed by atoms with Crippen LogP contribution >= 0.6 is 0 Å². The predicted molar refractivity (Wildman–Crippen MR) is 138 cm³/mol. The molecule has 4 aromatic rings. The number of nitrogens with zero attached hydrogens (tertiary/aromatic N) is 1. The van der Waals surface area contributed by atoms with Crippen LogP contribution in [0.4, 0.5) is 19.3 Å². The van der Waals surface area contributed by atoms with Crippen LogP contribution in [0.15, 0.2) is 90.6 Å². The highest BCUT2D eigenvalue weighted by Gasteiger charge is 2.35. The third-order valence-corrected chi connectivity index (χ3v) is 5.94. The van der Waals surface area contributed by atoms with E-state index in [1.165, 1.54) is 36.4 Å². The number of nitrogens with one attached hydrogen (secondary N) is 2. The minimum absolute atomic E-state index is 0.0447. The molecule has 0 atom stereocenters. The second-order valence-electron chi connectivity index (χ2n) is 8.52. The Morgan fingerprint density at radius 1 is 0.921 bits per heavy atom. The van der Waals surface area contributed by atoms with Gasteiger partial charge >= 0.3 is 6.03 Å². The van der Waals surface area contributed by atoms with E-state index in [4.69, 9.17) is 4.74 Å². The van der Waals surface area contributed by atoms with E-state index >= 15 is 0 Å². The Morgan fingerprint density at radius 2 is 1.66 bits per heavy atom. The number of fused-ring (bicyclic) bond motifs is 1. The molecule has 38 heavy (non-hydrogen) atoms. The lowest BCUT2D eigenvalue weighted by molar-refractivity contribution is -0.127. The van der Waals surface area contributed by atoms with Crippen LogP contribution in [0.1, 0.15) is 11.1 Å². The minimum Gasteiger partial charge on any atom is -0.488 e. The molecule has 7 nitrogen and oxygen atoms in total. The molecule has 0 aliphatic carbocycles. The Hall–Kier alpha value is -5.05. The SMILES string of the molecule is O=C(CN1C(=O)N/C(=C/c2c(OCc3ccc(F)cc3)ccc3ccccc23)C1=O)Nc1ccccc1F. The molecule has 0 radical (unpaired) electrons. The van der Waals surface area contributed by atoms with Crippen LogP contribution in [0, 0.1) is 11.6 Å². The van der Waals surface area contributed by atoms with Gasteiger partial charge in [0.05, 0.1) is 5.69 Å². The number of amides is 4. The molecule has 1 aliphatic rings. The van der Waals surface area contributed by atoms with Crippen molar-refractivity contribution in [2.75, 3.05) is 11.9 Å². The molecule has 1 saturated heterocycles. The van der Waals surface area contributed by atoms with Gasteiger partial charge in [0, 0.05) is 5.56 Å². The summed E-state index contributed by atoms with van der Waals surface area (Å²) in [6.45, 7) is -0.447. The summed E-state index contributed by atoms with van der Waals surface area (Å²) in [6, 6.07) is 21.8. The Bertz CT molecular complexity index is 1580. The van der Waals surface area contributed by atoms with Crippen LogP contribution in [0.25, 0.3) is 16.8 Å². The summed E-state index contributed by atoms with van der Waals surface area (Å²) in [7, 11) is 0. The maximum atomic E-state index is 13.9. The van der Waals surface area contributed by atoms with Crippen molar-refractivity contribution in [3.05, 3.63) is 113 Å². The van der Waals surface area contributed by atoms with E-state index in [0.717, 1.165) is 21.2 Å². The largest absolute Gasteiger partial charge is 0.488 e. The number of carbonyl (C=O) groups excluding carboxylic acids is 3. The van der Waals surface area contributed by atoms with E-state index in [1.54, 1.807) is 24.3 Å². The van der Waals surface area contributed by atoms with Crippen molar-refractivity contribution in [1.82, 2.24) is 10.2 Å². The van der Waals surface area contributed by atoms with Crippen LogP contribution in [0.2, 0.25) is 0 Å². The molecule has 4 aromatic carbocycles. The fraction of sp³-hybridized carbons (Fsp3) is 0.0690. The Morgan fingerprint density at radius 3 is 2.45 bits per heavy atom. The second-order valence-corrected chi connectivity index (χ2v) is 8.52. The number of benzene rings is 4. The van der Waals surface area contributed by atoms with Crippen molar-refractivity contribution >= 4 is 40.4 Å². The Balaban J connectivity index is 1.40. The number of ether oxygens (including phenoxy) is 1. The maximum absolute atomic E-state index is 13.9. The highest BCUT2D eigenvalue weighted by Crippen LogP contribution is 2.31. The summed E-state index contributed by atoms with van der Waals surface area (Å²) in [4.78, 5) is 38.8. The highest BCUT2D eigenvalue weighted by atomic mass is 19.1. The number of anilines is 1. The normalized spacial score (nSPS) is 14.2. The lowest BCUT2D eigenvalue weighted by atomic mass is 10.0. The first-order chi connectivity index (χ1) is 18.4. The van der Waals surface area contributed by atoms with Crippen molar-refractivity contribution in [2.24, 2.45) is 0 Å². The predicted octanol–water partition coefficient (Wildman–Crippen LogP) is 5.23. The molecule has 2 N–H and O–H groups in total. The topological polar surface area (TPSA) is 87.7 Å². The van der Waals surface area contributed by atoms with Crippen LogP contribution in [-0.2, 0) is 16.2 Å². The zero-order chi connectivity index (χ0) is 26.6. The van der Waals surface area contributed by atoms with Gasteiger partial charge in [0.2, 0.25) is 5.91 Å². The van der Waals surface area contributed by atoms with Gasteiger partial charge in [-0.15, -0.1) is 0 Å².